The van der Waals surface area contributed by atoms with E-state index in [2.05, 4.69) is 123 Å². The van der Waals surface area contributed by atoms with Crippen LogP contribution in [0, 0.1) is 0 Å². The lowest BCUT2D eigenvalue weighted by Crippen LogP contribution is -2.81. The molecule has 2 atom stereocenters. The third-order valence-corrected chi connectivity index (χ3v) is 11.3. The van der Waals surface area contributed by atoms with Gasteiger partial charge in [0, 0.05) is 14.1 Å². The summed E-state index contributed by atoms with van der Waals surface area (Å²) in [4.78, 5) is 4.70. The molecule has 0 fully saturated rings. The molecule has 43 heavy (non-hydrogen) atoms. The van der Waals surface area contributed by atoms with Gasteiger partial charge in [-0.1, -0.05) is 24.3 Å². The molecule has 0 bridgehead atoms. The molecular weight excluding hydrogens is 536 g/mol. The van der Waals surface area contributed by atoms with E-state index in [1.165, 1.54) is 61.7 Å². The number of nitrogens with one attached hydrogen (secondary N) is 2. The fraction of sp³-hybridized carbons (Fsp3) is 0.200. The van der Waals surface area contributed by atoms with Crippen LogP contribution in [-0.4, -0.2) is 27.6 Å². The molecule has 7 heterocycles. The van der Waals surface area contributed by atoms with Crippen LogP contribution in [0.1, 0.15) is 45.1 Å². The van der Waals surface area contributed by atoms with Crippen LogP contribution in [0.15, 0.2) is 79.1 Å². The summed E-state index contributed by atoms with van der Waals surface area (Å²) < 4.78 is 17.7. The zero-order valence-corrected chi connectivity index (χ0v) is 23.6. The minimum Gasteiger partial charge on any atom is -0.477 e. The first-order valence-electron chi connectivity index (χ1n) is 15.0. The Bertz CT molecular complexity index is 2080. The summed E-state index contributed by atoms with van der Waals surface area (Å²) in [5, 5.41) is 7.89. The van der Waals surface area contributed by atoms with Gasteiger partial charge in [0.25, 0.3) is 11.3 Å². The number of ether oxygens (including phenoxy) is 2. The fourth-order valence-electron chi connectivity index (χ4n) is 9.85. The summed E-state index contributed by atoms with van der Waals surface area (Å²) in [7, 11) is 4.38. The molecule has 5 aromatic rings. The smallest absolute Gasteiger partial charge is 0.434 e. The molecule has 2 N–H and O–H groups in total. The van der Waals surface area contributed by atoms with Crippen molar-refractivity contribution in [3.8, 4) is 22.6 Å². The standard InChI is InChI=1S/C35H26N6O2/c1-38-20-6-3-8-24-29(20)34(36-16-42-24)31-22(38)12-10-18-19-11-13-23-32-27(19)28(26(18)31)33-40(34)14-5-15-41(33)35(32)30-21(39(23)2)7-4-9-25(30)43-17-37-35/h3-15,28,36-37H,16-17H2,1-2H3/q+2. The number of benzene rings is 4. The van der Waals surface area contributed by atoms with Gasteiger partial charge in [-0.15, -0.1) is 9.13 Å². The first kappa shape index (κ1) is 21.7. The van der Waals surface area contributed by atoms with Crippen molar-refractivity contribution < 1.29 is 18.6 Å². The molecule has 0 radical (unpaired) electrons. The third-order valence-electron chi connectivity index (χ3n) is 11.3. The number of rotatable bonds is 0. The Balaban J connectivity index is 1.34. The maximum absolute atomic E-state index is 6.32. The third kappa shape index (κ3) is 1.95. The van der Waals surface area contributed by atoms with E-state index < -0.39 is 11.3 Å². The molecule has 7 aliphatic rings. The Labute approximate surface area is 247 Å². The van der Waals surface area contributed by atoms with E-state index in [0.717, 1.165) is 22.9 Å². The van der Waals surface area contributed by atoms with Gasteiger partial charge in [0.05, 0.1) is 39.9 Å². The lowest BCUT2D eigenvalue weighted by molar-refractivity contribution is -0.886. The van der Waals surface area contributed by atoms with E-state index in [1.54, 1.807) is 0 Å². The van der Waals surface area contributed by atoms with Crippen LogP contribution in [-0.2, 0) is 11.3 Å². The number of anilines is 4. The summed E-state index contributed by atoms with van der Waals surface area (Å²) in [6, 6.07) is 24.5. The van der Waals surface area contributed by atoms with Crippen molar-refractivity contribution in [2.45, 2.75) is 17.2 Å². The molecule has 206 valence electrons. The van der Waals surface area contributed by atoms with Crippen LogP contribution < -0.4 is 39.0 Å². The van der Waals surface area contributed by atoms with Gasteiger partial charge in [-0.05, 0) is 58.7 Å². The van der Waals surface area contributed by atoms with Gasteiger partial charge >= 0.3 is 5.82 Å². The van der Waals surface area contributed by atoms with Crippen LogP contribution in [0.25, 0.3) is 11.1 Å². The first-order chi connectivity index (χ1) is 21.2. The van der Waals surface area contributed by atoms with Gasteiger partial charge in [0.2, 0.25) is 0 Å². The van der Waals surface area contributed by atoms with E-state index in [1.807, 2.05) is 0 Å². The summed E-state index contributed by atoms with van der Waals surface area (Å²) in [5.74, 6) is 3.22. The zero-order valence-electron chi connectivity index (χ0n) is 23.6. The van der Waals surface area contributed by atoms with Crippen molar-refractivity contribution in [2.24, 2.45) is 0 Å². The van der Waals surface area contributed by atoms with Gasteiger partial charge in [-0.25, -0.2) is 10.6 Å². The molecule has 1 aliphatic carbocycles. The minimum absolute atomic E-state index is 0.0888. The lowest BCUT2D eigenvalue weighted by Gasteiger charge is -2.49. The van der Waals surface area contributed by atoms with Crippen molar-refractivity contribution in [1.29, 1.82) is 0 Å². The first-order valence-corrected chi connectivity index (χ1v) is 15.0. The Hall–Kier alpha value is -4.92. The molecule has 8 nitrogen and oxygen atoms in total. The lowest BCUT2D eigenvalue weighted by atomic mass is 9.70. The van der Waals surface area contributed by atoms with Crippen LogP contribution in [0.4, 0.5) is 22.7 Å². The summed E-state index contributed by atoms with van der Waals surface area (Å²) in [5.41, 5.74) is 14.0. The maximum atomic E-state index is 6.32. The topological polar surface area (TPSA) is 56.8 Å². The predicted octanol–water partition coefficient (Wildman–Crippen LogP) is 3.59. The highest BCUT2D eigenvalue weighted by Crippen LogP contribution is 2.65. The molecule has 12 rings (SSSR count). The second-order valence-electron chi connectivity index (χ2n) is 12.6. The molecule has 2 spiro atoms. The van der Waals surface area contributed by atoms with E-state index in [-0.39, 0.29) is 5.92 Å². The molecule has 8 heteroatoms. The number of aromatic nitrogens is 2. The van der Waals surface area contributed by atoms with E-state index in [0.29, 0.717) is 13.5 Å². The Morgan fingerprint density at radius 1 is 0.628 bits per heavy atom. The van der Waals surface area contributed by atoms with Crippen LogP contribution in [0.5, 0.6) is 11.5 Å². The second-order valence-corrected chi connectivity index (χ2v) is 12.6. The SMILES string of the molecule is CN1c2cccc3c2C2(NCO3)c3c1ccc1c3C3c4c-1ccc1c4C4(NCOc5cccc(c54)N1C)[n+]1ccc[n+]2c13. The van der Waals surface area contributed by atoms with E-state index >= 15 is 0 Å². The molecular formula is C35H26N6O2+2. The predicted molar refractivity (Wildman–Crippen MR) is 158 cm³/mol. The normalized spacial score (nSPS) is 25.8. The molecule has 1 aromatic heterocycles. The van der Waals surface area contributed by atoms with Gasteiger partial charge in [-0.2, -0.15) is 0 Å². The monoisotopic (exact) mass is 562 g/mol. The Morgan fingerprint density at radius 2 is 1.12 bits per heavy atom. The molecule has 0 saturated heterocycles. The zero-order chi connectivity index (χ0) is 28.0. The van der Waals surface area contributed by atoms with Crippen LogP contribution in [0.2, 0.25) is 0 Å². The van der Waals surface area contributed by atoms with Crippen molar-refractivity contribution in [2.75, 3.05) is 37.4 Å². The fourth-order valence-corrected chi connectivity index (χ4v) is 9.85. The average Bonchev–Trinajstić information content (AvgIpc) is 3.39. The number of fused-ring (bicyclic) bond motifs is 1. The van der Waals surface area contributed by atoms with E-state index in [9.17, 15) is 0 Å². The van der Waals surface area contributed by atoms with Crippen molar-refractivity contribution >= 4 is 22.7 Å². The van der Waals surface area contributed by atoms with Gasteiger partial charge in [0.1, 0.15) is 36.1 Å². The second kappa shape index (κ2) is 6.51. The number of nitrogens with zero attached hydrogens (tertiary/aromatic N) is 4. The Morgan fingerprint density at radius 3 is 1.63 bits per heavy atom. The quantitative estimate of drug-likeness (QED) is 0.276. The van der Waals surface area contributed by atoms with Gasteiger partial charge in [0.15, 0.2) is 18.3 Å². The summed E-state index contributed by atoms with van der Waals surface area (Å²) in [6.45, 7) is 0.846. The molecule has 0 amide bonds. The van der Waals surface area contributed by atoms with Crippen LogP contribution >= 0.6 is 0 Å². The number of hydrogen-bond donors (Lipinski definition) is 2. The summed E-state index contributed by atoms with van der Waals surface area (Å²) >= 11 is 0. The molecule has 0 saturated carbocycles. The highest BCUT2D eigenvalue weighted by Gasteiger charge is 2.71. The Kier molecular flexibility index (Phi) is 3.29. The molecule has 6 aliphatic heterocycles. The summed E-state index contributed by atoms with van der Waals surface area (Å²) in [6.07, 6.45) is 4.56. The van der Waals surface area contributed by atoms with Gasteiger partial charge < -0.3 is 19.3 Å². The largest absolute Gasteiger partial charge is 0.477 e. The maximum Gasteiger partial charge on any atom is 0.434 e. The minimum atomic E-state index is -0.621. The van der Waals surface area contributed by atoms with Crippen LogP contribution in [0.3, 0.4) is 0 Å². The number of hydrogen-bond acceptors (Lipinski definition) is 6. The van der Waals surface area contributed by atoms with Crippen molar-refractivity contribution in [3.05, 3.63) is 118 Å². The van der Waals surface area contributed by atoms with Crippen molar-refractivity contribution in [1.82, 2.24) is 10.6 Å². The van der Waals surface area contributed by atoms with Gasteiger partial charge in [-0.3, -0.25) is 0 Å². The van der Waals surface area contributed by atoms with Crippen molar-refractivity contribution in [3.63, 3.8) is 0 Å². The highest BCUT2D eigenvalue weighted by atomic mass is 16.5. The highest BCUT2D eigenvalue weighted by molar-refractivity contribution is 5.94. The average molecular weight is 563 g/mol. The molecule has 4 aromatic carbocycles. The molecule has 2 unspecified atom stereocenters. The van der Waals surface area contributed by atoms with E-state index in [4.69, 9.17) is 9.47 Å².